The monoisotopic (exact) mass is 418 g/mol. The van der Waals surface area contributed by atoms with Gasteiger partial charge in [-0.2, -0.15) is 4.31 Å². The smallest absolute Gasteiger partial charge is 0.254 e. The number of ether oxygens (including phenoxy) is 2. The summed E-state index contributed by atoms with van der Waals surface area (Å²) >= 11 is 0. The lowest BCUT2D eigenvalue weighted by Gasteiger charge is -2.34. The van der Waals surface area contributed by atoms with Crippen molar-refractivity contribution in [2.75, 3.05) is 40.4 Å². The van der Waals surface area contributed by atoms with Crippen LogP contribution in [0, 0.1) is 13.8 Å². The lowest BCUT2D eigenvalue weighted by atomic mass is 10.1. The van der Waals surface area contributed by atoms with Crippen molar-refractivity contribution in [1.82, 2.24) is 9.21 Å². The van der Waals surface area contributed by atoms with E-state index in [4.69, 9.17) is 9.47 Å². The molecule has 0 unspecified atom stereocenters. The van der Waals surface area contributed by atoms with Crippen molar-refractivity contribution < 1.29 is 22.7 Å². The van der Waals surface area contributed by atoms with Gasteiger partial charge in [-0.1, -0.05) is 12.1 Å². The third-order valence-corrected chi connectivity index (χ3v) is 7.16. The van der Waals surface area contributed by atoms with Crippen LogP contribution < -0.4 is 9.47 Å². The molecule has 156 valence electrons. The van der Waals surface area contributed by atoms with Crippen LogP contribution in [0.3, 0.4) is 0 Å². The summed E-state index contributed by atoms with van der Waals surface area (Å²) in [4.78, 5) is 14.8. The van der Waals surface area contributed by atoms with Crippen LogP contribution in [-0.4, -0.2) is 63.9 Å². The molecular formula is C21H26N2O5S. The first-order chi connectivity index (χ1) is 13.8. The SMILES string of the molecule is COc1ccc(C(=O)N2CCN(S(=O)(=O)c3cc(C)ccc3C)CC2)cc1OC. The summed E-state index contributed by atoms with van der Waals surface area (Å²) in [5, 5.41) is 0. The molecule has 0 aromatic heterocycles. The third-order valence-electron chi connectivity index (χ3n) is 5.12. The maximum atomic E-state index is 13.1. The van der Waals surface area contributed by atoms with Gasteiger partial charge in [0.05, 0.1) is 19.1 Å². The molecule has 2 aromatic carbocycles. The van der Waals surface area contributed by atoms with E-state index in [1.165, 1.54) is 18.5 Å². The lowest BCUT2D eigenvalue weighted by molar-refractivity contribution is 0.0697. The average Bonchev–Trinajstić information content (AvgIpc) is 2.74. The van der Waals surface area contributed by atoms with Crippen molar-refractivity contribution in [1.29, 1.82) is 0 Å². The van der Waals surface area contributed by atoms with E-state index in [1.807, 2.05) is 19.1 Å². The highest BCUT2D eigenvalue weighted by Crippen LogP contribution is 2.28. The van der Waals surface area contributed by atoms with Gasteiger partial charge >= 0.3 is 0 Å². The summed E-state index contributed by atoms with van der Waals surface area (Å²) in [6, 6.07) is 10.4. The van der Waals surface area contributed by atoms with Crippen LogP contribution in [0.4, 0.5) is 0 Å². The Morgan fingerprint density at radius 1 is 0.897 bits per heavy atom. The Kier molecular flexibility index (Phi) is 6.14. The number of amides is 1. The number of piperazine rings is 1. The highest BCUT2D eigenvalue weighted by atomic mass is 32.2. The third kappa shape index (κ3) is 4.23. The number of sulfonamides is 1. The van der Waals surface area contributed by atoms with Gasteiger partial charge in [0.15, 0.2) is 11.5 Å². The number of aryl methyl sites for hydroxylation is 2. The van der Waals surface area contributed by atoms with E-state index in [1.54, 1.807) is 36.1 Å². The summed E-state index contributed by atoms with van der Waals surface area (Å²) in [6.45, 7) is 4.85. The fourth-order valence-corrected chi connectivity index (χ4v) is 5.14. The summed E-state index contributed by atoms with van der Waals surface area (Å²) < 4.78 is 38.0. The van der Waals surface area contributed by atoms with Crippen LogP contribution in [0.15, 0.2) is 41.3 Å². The van der Waals surface area contributed by atoms with Crippen LogP contribution >= 0.6 is 0 Å². The second-order valence-corrected chi connectivity index (χ2v) is 8.94. The fourth-order valence-electron chi connectivity index (χ4n) is 3.41. The van der Waals surface area contributed by atoms with E-state index in [2.05, 4.69) is 0 Å². The van der Waals surface area contributed by atoms with Gasteiger partial charge < -0.3 is 14.4 Å². The molecule has 0 N–H and O–H groups in total. The fraction of sp³-hybridized carbons (Fsp3) is 0.381. The number of hydrogen-bond donors (Lipinski definition) is 0. The number of rotatable bonds is 5. The molecular weight excluding hydrogens is 392 g/mol. The molecule has 0 aliphatic carbocycles. The van der Waals surface area contributed by atoms with Crippen molar-refractivity contribution in [3.8, 4) is 11.5 Å². The molecule has 1 heterocycles. The molecule has 3 rings (SSSR count). The zero-order valence-electron chi connectivity index (χ0n) is 17.1. The molecule has 8 heteroatoms. The zero-order valence-corrected chi connectivity index (χ0v) is 18.0. The number of benzene rings is 2. The number of nitrogens with zero attached hydrogens (tertiary/aromatic N) is 2. The van der Waals surface area contributed by atoms with Crippen LogP contribution in [-0.2, 0) is 10.0 Å². The molecule has 7 nitrogen and oxygen atoms in total. The summed E-state index contributed by atoms with van der Waals surface area (Å²) in [7, 11) is -0.536. The molecule has 1 aliphatic heterocycles. The summed E-state index contributed by atoms with van der Waals surface area (Å²) in [5.74, 6) is 0.873. The quantitative estimate of drug-likeness (QED) is 0.746. The second-order valence-electron chi connectivity index (χ2n) is 7.04. The molecule has 0 atom stereocenters. The molecule has 0 saturated carbocycles. The van der Waals surface area contributed by atoms with Gasteiger partial charge in [0.2, 0.25) is 10.0 Å². The second kappa shape index (κ2) is 8.42. The van der Waals surface area contributed by atoms with Gasteiger partial charge in [0.25, 0.3) is 5.91 Å². The van der Waals surface area contributed by atoms with E-state index in [0.717, 1.165) is 11.1 Å². The first-order valence-corrected chi connectivity index (χ1v) is 10.8. The highest BCUT2D eigenvalue weighted by Gasteiger charge is 2.31. The predicted molar refractivity (Wildman–Crippen MR) is 110 cm³/mol. The van der Waals surface area contributed by atoms with Gasteiger partial charge in [0, 0.05) is 31.7 Å². The van der Waals surface area contributed by atoms with Crippen molar-refractivity contribution in [2.24, 2.45) is 0 Å². The van der Waals surface area contributed by atoms with Crippen molar-refractivity contribution >= 4 is 15.9 Å². The standard InChI is InChI=1S/C21H26N2O5S/c1-15-5-6-16(2)20(13-15)29(25,26)23-11-9-22(10-12-23)21(24)17-7-8-18(27-3)19(14-17)28-4/h5-8,13-14H,9-12H2,1-4H3. The number of carbonyl (C=O) groups excluding carboxylic acids is 1. The average molecular weight is 419 g/mol. The van der Waals surface area contributed by atoms with Crippen LogP contribution in [0.5, 0.6) is 11.5 Å². The van der Waals surface area contributed by atoms with E-state index in [0.29, 0.717) is 35.0 Å². The molecule has 0 spiro atoms. The Labute approximate surface area is 171 Å². The molecule has 0 bridgehead atoms. The minimum Gasteiger partial charge on any atom is -0.493 e. The van der Waals surface area contributed by atoms with Crippen LogP contribution in [0.25, 0.3) is 0 Å². The normalized spacial score (nSPS) is 15.2. The van der Waals surface area contributed by atoms with Crippen molar-refractivity contribution in [3.63, 3.8) is 0 Å². The van der Waals surface area contributed by atoms with Gasteiger partial charge in [-0.15, -0.1) is 0 Å². The van der Waals surface area contributed by atoms with Gasteiger partial charge in [-0.05, 0) is 49.2 Å². The summed E-state index contributed by atoms with van der Waals surface area (Å²) in [5.41, 5.74) is 2.10. The maximum absolute atomic E-state index is 13.1. The number of methoxy groups -OCH3 is 2. The molecule has 1 amide bonds. The number of carbonyl (C=O) groups is 1. The Hall–Kier alpha value is -2.58. The van der Waals surface area contributed by atoms with Gasteiger partial charge in [-0.25, -0.2) is 8.42 Å². The Morgan fingerprint density at radius 2 is 1.55 bits per heavy atom. The molecule has 2 aromatic rings. The summed E-state index contributed by atoms with van der Waals surface area (Å²) in [6.07, 6.45) is 0. The highest BCUT2D eigenvalue weighted by molar-refractivity contribution is 7.89. The van der Waals surface area contributed by atoms with E-state index >= 15 is 0 Å². The predicted octanol–water partition coefficient (Wildman–Crippen LogP) is 2.47. The maximum Gasteiger partial charge on any atom is 0.254 e. The molecule has 1 saturated heterocycles. The molecule has 1 fully saturated rings. The Balaban J connectivity index is 1.73. The van der Waals surface area contributed by atoms with Crippen LogP contribution in [0.2, 0.25) is 0 Å². The number of hydrogen-bond acceptors (Lipinski definition) is 5. The molecule has 1 aliphatic rings. The minimum atomic E-state index is -3.59. The van der Waals surface area contributed by atoms with Gasteiger partial charge in [-0.3, -0.25) is 4.79 Å². The molecule has 0 radical (unpaired) electrons. The first-order valence-electron chi connectivity index (χ1n) is 9.36. The minimum absolute atomic E-state index is 0.158. The zero-order chi connectivity index (χ0) is 21.2. The van der Waals surface area contributed by atoms with Crippen molar-refractivity contribution in [3.05, 3.63) is 53.1 Å². The Bertz CT molecular complexity index is 1010. The largest absolute Gasteiger partial charge is 0.493 e. The van der Waals surface area contributed by atoms with E-state index < -0.39 is 10.0 Å². The van der Waals surface area contributed by atoms with Crippen LogP contribution in [0.1, 0.15) is 21.5 Å². The van der Waals surface area contributed by atoms with Crippen molar-refractivity contribution in [2.45, 2.75) is 18.7 Å². The first kappa shape index (κ1) is 21.1. The van der Waals surface area contributed by atoms with Gasteiger partial charge in [0.1, 0.15) is 0 Å². The topological polar surface area (TPSA) is 76.2 Å². The molecule has 29 heavy (non-hydrogen) atoms. The van der Waals surface area contributed by atoms with E-state index in [9.17, 15) is 13.2 Å². The lowest BCUT2D eigenvalue weighted by Crippen LogP contribution is -2.50. The Morgan fingerprint density at radius 3 is 2.17 bits per heavy atom. The van der Waals surface area contributed by atoms with E-state index in [-0.39, 0.29) is 19.0 Å².